The standard InChI is InChI=1S/C22H23N3O2/c1-17(2)25-21(26)14-13-20(23-25)22(27)24(15-18-9-5-3-6-10-18)16-19-11-7-4-8-12-19/h3-14,17H,15-16H2,1-2H3. The van der Waals surface area contributed by atoms with Gasteiger partial charge in [0, 0.05) is 19.2 Å². The highest BCUT2D eigenvalue weighted by Crippen LogP contribution is 2.13. The molecule has 1 amide bonds. The van der Waals surface area contributed by atoms with Crippen LogP contribution in [0.25, 0.3) is 0 Å². The van der Waals surface area contributed by atoms with Gasteiger partial charge in [-0.05, 0) is 31.0 Å². The summed E-state index contributed by atoms with van der Waals surface area (Å²) < 4.78 is 1.34. The van der Waals surface area contributed by atoms with E-state index in [-0.39, 0.29) is 23.2 Å². The van der Waals surface area contributed by atoms with Crippen LogP contribution in [0.4, 0.5) is 0 Å². The van der Waals surface area contributed by atoms with E-state index in [1.807, 2.05) is 74.5 Å². The van der Waals surface area contributed by atoms with Crippen LogP contribution < -0.4 is 5.56 Å². The number of carbonyl (C=O) groups is 1. The zero-order valence-electron chi connectivity index (χ0n) is 15.6. The molecule has 3 rings (SSSR count). The van der Waals surface area contributed by atoms with Crippen molar-refractivity contribution in [3.63, 3.8) is 0 Å². The lowest BCUT2D eigenvalue weighted by atomic mass is 10.1. The van der Waals surface area contributed by atoms with Crippen LogP contribution in [0.5, 0.6) is 0 Å². The first-order valence-electron chi connectivity index (χ1n) is 9.01. The average molecular weight is 361 g/mol. The van der Waals surface area contributed by atoms with Crippen LogP contribution in [-0.4, -0.2) is 20.6 Å². The number of rotatable bonds is 6. The van der Waals surface area contributed by atoms with Crippen molar-refractivity contribution in [3.8, 4) is 0 Å². The third-order valence-electron chi connectivity index (χ3n) is 4.25. The quantitative estimate of drug-likeness (QED) is 0.673. The van der Waals surface area contributed by atoms with Gasteiger partial charge in [-0.2, -0.15) is 5.10 Å². The van der Waals surface area contributed by atoms with Crippen LogP contribution in [0.15, 0.2) is 77.6 Å². The second kappa shape index (κ2) is 8.45. The zero-order valence-corrected chi connectivity index (χ0v) is 15.6. The van der Waals surface area contributed by atoms with Crippen LogP contribution in [0.3, 0.4) is 0 Å². The van der Waals surface area contributed by atoms with Gasteiger partial charge in [0.25, 0.3) is 11.5 Å². The van der Waals surface area contributed by atoms with Crippen molar-refractivity contribution in [1.29, 1.82) is 0 Å². The Balaban J connectivity index is 1.92. The second-order valence-corrected chi connectivity index (χ2v) is 6.73. The summed E-state index contributed by atoms with van der Waals surface area (Å²) in [4.78, 5) is 26.9. The fraction of sp³-hybridized carbons (Fsp3) is 0.227. The Bertz CT molecular complexity index is 909. The average Bonchev–Trinajstić information content (AvgIpc) is 2.69. The first-order valence-corrected chi connectivity index (χ1v) is 9.01. The van der Waals surface area contributed by atoms with Crippen molar-refractivity contribution >= 4 is 5.91 Å². The maximum Gasteiger partial charge on any atom is 0.274 e. The molecule has 0 bridgehead atoms. The molecule has 0 aliphatic heterocycles. The van der Waals surface area contributed by atoms with E-state index >= 15 is 0 Å². The third kappa shape index (κ3) is 4.70. The molecule has 0 atom stereocenters. The molecule has 0 radical (unpaired) electrons. The van der Waals surface area contributed by atoms with Gasteiger partial charge in [0.15, 0.2) is 0 Å². The van der Waals surface area contributed by atoms with Gasteiger partial charge in [-0.1, -0.05) is 60.7 Å². The smallest absolute Gasteiger partial charge is 0.274 e. The van der Waals surface area contributed by atoms with E-state index in [0.29, 0.717) is 13.1 Å². The lowest BCUT2D eigenvalue weighted by Gasteiger charge is -2.23. The topological polar surface area (TPSA) is 55.2 Å². The number of carbonyl (C=O) groups excluding carboxylic acids is 1. The monoisotopic (exact) mass is 361 g/mol. The Morgan fingerprint density at radius 1 is 0.889 bits per heavy atom. The van der Waals surface area contributed by atoms with Gasteiger partial charge in [0.1, 0.15) is 5.69 Å². The van der Waals surface area contributed by atoms with Crippen LogP contribution in [0.2, 0.25) is 0 Å². The third-order valence-corrected chi connectivity index (χ3v) is 4.25. The fourth-order valence-electron chi connectivity index (χ4n) is 2.88. The largest absolute Gasteiger partial charge is 0.329 e. The molecule has 0 aliphatic rings. The molecule has 0 unspecified atom stereocenters. The van der Waals surface area contributed by atoms with E-state index in [0.717, 1.165) is 11.1 Å². The predicted molar refractivity (Wildman–Crippen MR) is 105 cm³/mol. The summed E-state index contributed by atoms with van der Waals surface area (Å²) in [6.45, 7) is 4.68. The molecule has 138 valence electrons. The molecular formula is C22H23N3O2. The van der Waals surface area contributed by atoms with Crippen LogP contribution in [0.1, 0.15) is 41.5 Å². The van der Waals surface area contributed by atoms with Crippen LogP contribution in [-0.2, 0) is 13.1 Å². The Morgan fingerprint density at radius 3 is 1.89 bits per heavy atom. The van der Waals surface area contributed by atoms with Crippen molar-refractivity contribution in [3.05, 3.63) is 100.0 Å². The molecule has 0 fully saturated rings. The molecule has 5 heteroatoms. The van der Waals surface area contributed by atoms with E-state index in [2.05, 4.69) is 5.10 Å². The number of hydrogen-bond acceptors (Lipinski definition) is 3. The molecule has 0 saturated heterocycles. The van der Waals surface area contributed by atoms with Gasteiger partial charge < -0.3 is 4.90 Å². The minimum absolute atomic E-state index is 0.109. The number of aromatic nitrogens is 2. The Kier molecular flexibility index (Phi) is 5.81. The highest BCUT2D eigenvalue weighted by molar-refractivity contribution is 5.92. The minimum atomic E-state index is -0.209. The minimum Gasteiger partial charge on any atom is -0.329 e. The summed E-state index contributed by atoms with van der Waals surface area (Å²) in [7, 11) is 0. The highest BCUT2D eigenvalue weighted by atomic mass is 16.2. The molecule has 0 N–H and O–H groups in total. The van der Waals surface area contributed by atoms with E-state index in [1.165, 1.54) is 16.8 Å². The molecule has 0 aliphatic carbocycles. The highest BCUT2D eigenvalue weighted by Gasteiger charge is 2.19. The summed E-state index contributed by atoms with van der Waals surface area (Å²) >= 11 is 0. The fourth-order valence-corrected chi connectivity index (χ4v) is 2.88. The Morgan fingerprint density at radius 2 is 1.41 bits per heavy atom. The molecule has 2 aromatic carbocycles. The molecular weight excluding hydrogens is 338 g/mol. The van der Waals surface area contributed by atoms with Gasteiger partial charge in [-0.25, -0.2) is 4.68 Å². The summed E-state index contributed by atoms with van der Waals surface area (Å²) in [6.07, 6.45) is 0. The predicted octanol–water partition coefficient (Wildman–Crippen LogP) is 3.67. The summed E-state index contributed by atoms with van der Waals surface area (Å²) in [5.74, 6) is -0.197. The number of nitrogens with zero attached hydrogens (tertiary/aromatic N) is 3. The lowest BCUT2D eigenvalue weighted by molar-refractivity contribution is 0.0720. The molecule has 1 heterocycles. The van der Waals surface area contributed by atoms with Crippen molar-refractivity contribution < 1.29 is 4.79 Å². The molecule has 5 nitrogen and oxygen atoms in total. The first-order chi connectivity index (χ1) is 13.0. The van der Waals surface area contributed by atoms with E-state index in [4.69, 9.17) is 0 Å². The van der Waals surface area contributed by atoms with Gasteiger partial charge in [0.2, 0.25) is 0 Å². The zero-order chi connectivity index (χ0) is 19.2. The summed E-state index contributed by atoms with van der Waals surface area (Å²) in [5, 5.41) is 4.29. The summed E-state index contributed by atoms with van der Waals surface area (Å²) in [6, 6.07) is 22.5. The van der Waals surface area contributed by atoms with Gasteiger partial charge in [0.05, 0.1) is 6.04 Å². The van der Waals surface area contributed by atoms with Gasteiger partial charge >= 0.3 is 0 Å². The number of amides is 1. The van der Waals surface area contributed by atoms with Crippen molar-refractivity contribution in [1.82, 2.24) is 14.7 Å². The SMILES string of the molecule is CC(C)n1nc(C(=O)N(Cc2ccccc2)Cc2ccccc2)ccc1=O. The number of hydrogen-bond donors (Lipinski definition) is 0. The van der Waals surface area contributed by atoms with Gasteiger partial charge in [-0.15, -0.1) is 0 Å². The Hall–Kier alpha value is -3.21. The molecule has 0 saturated carbocycles. The van der Waals surface area contributed by atoms with E-state index in [9.17, 15) is 9.59 Å². The molecule has 0 spiro atoms. The molecule has 1 aromatic heterocycles. The Labute approximate surface area is 158 Å². The van der Waals surface area contributed by atoms with Crippen LogP contribution in [0, 0.1) is 0 Å². The lowest BCUT2D eigenvalue weighted by Crippen LogP contribution is -2.33. The van der Waals surface area contributed by atoms with E-state index < -0.39 is 0 Å². The van der Waals surface area contributed by atoms with Crippen LogP contribution >= 0.6 is 0 Å². The summed E-state index contributed by atoms with van der Waals surface area (Å²) in [5.41, 5.74) is 2.15. The molecule has 27 heavy (non-hydrogen) atoms. The van der Waals surface area contributed by atoms with Crippen molar-refractivity contribution in [2.75, 3.05) is 0 Å². The van der Waals surface area contributed by atoms with Crippen molar-refractivity contribution in [2.45, 2.75) is 33.0 Å². The molecule has 3 aromatic rings. The van der Waals surface area contributed by atoms with E-state index in [1.54, 1.807) is 4.90 Å². The maximum absolute atomic E-state index is 13.2. The normalized spacial score (nSPS) is 10.8. The van der Waals surface area contributed by atoms with Gasteiger partial charge in [-0.3, -0.25) is 9.59 Å². The number of benzene rings is 2. The first kappa shape index (κ1) is 18.6. The van der Waals surface area contributed by atoms with Crippen molar-refractivity contribution in [2.24, 2.45) is 0 Å². The second-order valence-electron chi connectivity index (χ2n) is 6.73. The maximum atomic E-state index is 13.2.